The van der Waals surface area contributed by atoms with Crippen molar-refractivity contribution < 1.29 is 14.4 Å². The molecule has 1 heterocycles. The molecule has 0 saturated carbocycles. The summed E-state index contributed by atoms with van der Waals surface area (Å²) in [5.41, 5.74) is 2.47. The number of hydrogen-bond donors (Lipinski definition) is 1. The molecule has 0 aliphatic rings. The number of aromatic nitrogens is 2. The molecular weight excluding hydrogens is 296 g/mol. The molecule has 0 saturated heterocycles. The van der Waals surface area contributed by atoms with Crippen molar-refractivity contribution in [2.24, 2.45) is 12.2 Å². The van der Waals surface area contributed by atoms with Gasteiger partial charge in [-0.2, -0.15) is 5.10 Å². The fourth-order valence-electron chi connectivity index (χ4n) is 2.14. The van der Waals surface area contributed by atoms with E-state index in [0.717, 1.165) is 11.3 Å². The summed E-state index contributed by atoms with van der Waals surface area (Å²) in [5, 5.41) is 10.6. The zero-order chi connectivity index (χ0) is 17.0. The van der Waals surface area contributed by atoms with Crippen LogP contribution < -0.4 is 10.1 Å². The Bertz CT molecular complexity index is 750. The second-order valence-electron chi connectivity index (χ2n) is 4.97. The Labute approximate surface area is 134 Å². The van der Waals surface area contributed by atoms with Crippen LogP contribution in [0.25, 0.3) is 0 Å². The molecule has 1 aromatic carbocycles. The van der Waals surface area contributed by atoms with Gasteiger partial charge in [0.25, 0.3) is 5.91 Å². The van der Waals surface area contributed by atoms with E-state index in [1.54, 1.807) is 16.9 Å². The average Bonchev–Trinajstić information content (AvgIpc) is 2.85. The first kappa shape index (κ1) is 16.5. The second kappa shape index (κ2) is 6.95. The highest BCUT2D eigenvalue weighted by Gasteiger charge is 2.22. The topological polar surface area (TPSA) is 77.7 Å². The van der Waals surface area contributed by atoms with Gasteiger partial charge in [-0.15, -0.1) is 0 Å². The van der Waals surface area contributed by atoms with E-state index in [-0.39, 0.29) is 11.6 Å². The summed E-state index contributed by atoms with van der Waals surface area (Å²) in [4.78, 5) is 17.0. The normalized spacial score (nSPS) is 11.3. The molecule has 0 spiro atoms. The number of benzene rings is 1. The molecule has 7 heteroatoms. The van der Waals surface area contributed by atoms with Crippen LogP contribution in [0.4, 0.5) is 0 Å². The van der Waals surface area contributed by atoms with Crippen molar-refractivity contribution in [3.05, 3.63) is 41.2 Å². The first-order valence-electron chi connectivity index (χ1n) is 7.09. The van der Waals surface area contributed by atoms with E-state index >= 15 is 0 Å². The predicted molar refractivity (Wildman–Crippen MR) is 86.8 cm³/mol. The Balaban J connectivity index is 2.53. The van der Waals surface area contributed by atoms with Crippen LogP contribution in [0, 0.1) is 13.8 Å². The second-order valence-corrected chi connectivity index (χ2v) is 4.97. The molecule has 1 amide bonds. The summed E-state index contributed by atoms with van der Waals surface area (Å²) >= 11 is 0. The van der Waals surface area contributed by atoms with Gasteiger partial charge in [-0.25, -0.2) is 0 Å². The number of carbonyl (C=O) groups is 1. The minimum absolute atomic E-state index is 0.157. The van der Waals surface area contributed by atoms with Crippen LogP contribution in [-0.4, -0.2) is 35.6 Å². The molecule has 0 radical (unpaired) electrons. The molecule has 0 aliphatic heterocycles. The Morgan fingerprint density at radius 2 is 2.04 bits per heavy atom. The molecule has 23 heavy (non-hydrogen) atoms. The zero-order valence-electron chi connectivity index (χ0n) is 13.9. The van der Waals surface area contributed by atoms with Gasteiger partial charge in [-0.1, -0.05) is 17.3 Å². The molecule has 0 aliphatic carbocycles. The third kappa shape index (κ3) is 3.33. The van der Waals surface area contributed by atoms with Crippen LogP contribution >= 0.6 is 0 Å². The van der Waals surface area contributed by atoms with Crippen molar-refractivity contribution >= 4 is 11.6 Å². The lowest BCUT2D eigenvalue weighted by atomic mass is 10.0. The summed E-state index contributed by atoms with van der Waals surface area (Å²) in [6, 6.07) is 5.52. The van der Waals surface area contributed by atoms with Crippen molar-refractivity contribution in [1.82, 2.24) is 15.1 Å². The van der Waals surface area contributed by atoms with E-state index < -0.39 is 0 Å². The lowest BCUT2D eigenvalue weighted by Crippen LogP contribution is -2.29. The number of rotatable bonds is 5. The van der Waals surface area contributed by atoms with E-state index in [9.17, 15) is 4.79 Å². The van der Waals surface area contributed by atoms with E-state index in [4.69, 9.17) is 9.57 Å². The van der Waals surface area contributed by atoms with E-state index in [0.29, 0.717) is 17.1 Å². The van der Waals surface area contributed by atoms with Gasteiger partial charge in [0.2, 0.25) is 0 Å². The van der Waals surface area contributed by atoms with Crippen molar-refractivity contribution in [1.29, 1.82) is 0 Å². The van der Waals surface area contributed by atoms with Gasteiger partial charge < -0.3 is 14.9 Å². The van der Waals surface area contributed by atoms with Gasteiger partial charge in [0, 0.05) is 14.1 Å². The number of nitrogens with zero attached hydrogens (tertiary/aromatic N) is 3. The molecule has 122 valence electrons. The molecule has 2 rings (SSSR count). The Hall–Kier alpha value is -2.83. The van der Waals surface area contributed by atoms with Crippen LogP contribution in [0.5, 0.6) is 11.5 Å². The number of oxime groups is 1. The average molecular weight is 316 g/mol. The number of nitrogens with one attached hydrogen (secondary N) is 1. The lowest BCUT2D eigenvalue weighted by Gasteiger charge is -2.14. The number of likely N-dealkylation sites (N-methyl/N-ethyl adjacent to an activating group) is 1. The van der Waals surface area contributed by atoms with E-state index in [1.807, 2.05) is 33.0 Å². The van der Waals surface area contributed by atoms with Crippen LogP contribution in [0.2, 0.25) is 0 Å². The van der Waals surface area contributed by atoms with Gasteiger partial charge in [-0.3, -0.25) is 9.48 Å². The third-order valence-corrected chi connectivity index (χ3v) is 3.51. The van der Waals surface area contributed by atoms with Crippen molar-refractivity contribution in [3.8, 4) is 11.5 Å². The quantitative estimate of drug-likeness (QED) is 0.675. The molecule has 2 aromatic rings. The molecule has 0 fully saturated rings. The maximum Gasteiger partial charge on any atom is 0.273 e. The summed E-state index contributed by atoms with van der Waals surface area (Å²) in [6.45, 7) is 3.78. The molecule has 0 unspecified atom stereocenters. The molecule has 1 aromatic heterocycles. The highest BCUT2D eigenvalue weighted by molar-refractivity contribution is 6.46. The smallest absolute Gasteiger partial charge is 0.273 e. The first-order valence-corrected chi connectivity index (χ1v) is 7.09. The Kier molecular flexibility index (Phi) is 5.00. The minimum atomic E-state index is -0.353. The standard InChI is InChI=1S/C16H20N4O3/c1-10-7-6-8-12(23-13-9-18-20(4)11(13)2)14(10)15(19-22-5)16(21)17-3/h6-9H,1-5H3,(H,17,21)/b19-15+. The summed E-state index contributed by atoms with van der Waals surface area (Å²) < 4.78 is 7.68. The van der Waals surface area contributed by atoms with Crippen molar-refractivity contribution in [3.63, 3.8) is 0 Å². The summed E-state index contributed by atoms with van der Waals surface area (Å²) in [5.74, 6) is 0.780. The maximum absolute atomic E-state index is 12.1. The van der Waals surface area contributed by atoms with Crippen LogP contribution in [0.15, 0.2) is 29.6 Å². The maximum atomic E-state index is 12.1. The fourth-order valence-corrected chi connectivity index (χ4v) is 2.14. The third-order valence-electron chi connectivity index (χ3n) is 3.51. The number of aryl methyl sites for hydroxylation is 2. The zero-order valence-corrected chi connectivity index (χ0v) is 13.9. The lowest BCUT2D eigenvalue weighted by molar-refractivity contribution is -0.114. The monoisotopic (exact) mass is 316 g/mol. The van der Waals surface area contributed by atoms with Gasteiger partial charge in [0.05, 0.1) is 17.5 Å². The predicted octanol–water partition coefficient (Wildman–Crippen LogP) is 1.93. The van der Waals surface area contributed by atoms with Gasteiger partial charge in [0.1, 0.15) is 12.9 Å². The highest BCUT2D eigenvalue weighted by Crippen LogP contribution is 2.30. The van der Waals surface area contributed by atoms with Crippen molar-refractivity contribution in [2.45, 2.75) is 13.8 Å². The Morgan fingerprint density at radius 1 is 1.30 bits per heavy atom. The number of amides is 1. The number of carbonyl (C=O) groups excluding carboxylic acids is 1. The SMILES string of the molecule is CNC(=O)/C(=N/OC)c1c(C)cccc1Oc1cnn(C)c1C. The van der Waals surface area contributed by atoms with Crippen LogP contribution in [0.3, 0.4) is 0 Å². The molecule has 0 atom stereocenters. The molecule has 0 bridgehead atoms. The number of hydrogen-bond acceptors (Lipinski definition) is 5. The van der Waals surface area contributed by atoms with E-state index in [1.165, 1.54) is 14.2 Å². The Morgan fingerprint density at radius 3 is 2.61 bits per heavy atom. The van der Waals surface area contributed by atoms with Gasteiger partial charge in [0.15, 0.2) is 11.5 Å². The summed E-state index contributed by atoms with van der Waals surface area (Å²) in [7, 11) is 4.77. The van der Waals surface area contributed by atoms with Crippen molar-refractivity contribution in [2.75, 3.05) is 14.2 Å². The van der Waals surface area contributed by atoms with Gasteiger partial charge in [-0.05, 0) is 25.5 Å². The molecule has 1 N–H and O–H groups in total. The fraction of sp³-hybridized carbons (Fsp3) is 0.312. The number of ether oxygens (including phenoxy) is 1. The van der Waals surface area contributed by atoms with E-state index in [2.05, 4.69) is 15.6 Å². The highest BCUT2D eigenvalue weighted by atomic mass is 16.6. The summed E-state index contributed by atoms with van der Waals surface area (Å²) in [6.07, 6.45) is 1.63. The largest absolute Gasteiger partial charge is 0.453 e. The molecule has 7 nitrogen and oxygen atoms in total. The molecular formula is C16H20N4O3. The first-order chi connectivity index (χ1) is 11.0. The van der Waals surface area contributed by atoms with Gasteiger partial charge >= 0.3 is 0 Å². The van der Waals surface area contributed by atoms with Crippen LogP contribution in [-0.2, 0) is 16.7 Å². The minimum Gasteiger partial charge on any atom is -0.453 e. The van der Waals surface area contributed by atoms with Crippen LogP contribution in [0.1, 0.15) is 16.8 Å².